The average Bonchev–Trinajstić information content (AvgIpc) is 2.50. The number of amides is 1. The Morgan fingerprint density at radius 2 is 1.78 bits per heavy atom. The van der Waals surface area contributed by atoms with Crippen molar-refractivity contribution in [1.82, 2.24) is 0 Å². The van der Waals surface area contributed by atoms with E-state index in [2.05, 4.69) is 15.8 Å². The van der Waals surface area contributed by atoms with Crippen LogP contribution in [0.15, 0.2) is 47.6 Å². The van der Waals surface area contributed by atoms with Crippen LogP contribution in [0.1, 0.15) is 22.8 Å². The number of hydrazone groups is 1. The summed E-state index contributed by atoms with van der Waals surface area (Å²) >= 11 is 5.75. The number of carbonyl (C=O) groups excluding carboxylic acids is 2. The third-order valence-electron chi connectivity index (χ3n) is 2.82. The number of rotatable bonds is 5. The molecule has 2 aromatic carbocycles. The number of nitrogens with one attached hydrogen (secondary N) is 2. The predicted octanol–water partition coefficient (Wildman–Crippen LogP) is 2.11. The fraction of sp³-hybridized carbons (Fsp3) is 0.0625. The molecule has 0 spiro atoms. The van der Waals surface area contributed by atoms with Gasteiger partial charge in [0.15, 0.2) is 0 Å². The van der Waals surface area contributed by atoms with Gasteiger partial charge in [-0.3, -0.25) is 10.2 Å². The van der Waals surface area contributed by atoms with E-state index in [0.29, 0.717) is 11.4 Å². The first-order valence-electron chi connectivity index (χ1n) is 6.63. The average molecular weight is 331 g/mol. The molecule has 0 bridgehead atoms. The lowest BCUT2D eigenvalue weighted by Gasteiger charge is -2.07. The van der Waals surface area contributed by atoms with Crippen LogP contribution in [-0.2, 0) is 4.79 Å². The Balaban J connectivity index is 2.03. The molecule has 0 heterocycles. The molecule has 0 saturated heterocycles. The van der Waals surface area contributed by atoms with Crippen LogP contribution in [0.25, 0.3) is 0 Å². The number of anilines is 2. The van der Waals surface area contributed by atoms with Crippen molar-refractivity contribution in [1.29, 1.82) is 0 Å². The fourth-order valence-corrected chi connectivity index (χ4v) is 1.98. The summed E-state index contributed by atoms with van der Waals surface area (Å²) in [6, 6.07) is 11.5. The Hall–Kier alpha value is -2.86. The van der Waals surface area contributed by atoms with Crippen LogP contribution in [-0.4, -0.2) is 18.1 Å². The van der Waals surface area contributed by atoms with Gasteiger partial charge in [-0.2, -0.15) is 5.10 Å². The molecule has 7 heteroatoms. The highest BCUT2D eigenvalue weighted by atomic mass is 35.5. The van der Waals surface area contributed by atoms with Crippen molar-refractivity contribution in [2.75, 3.05) is 10.7 Å². The second-order valence-corrected chi connectivity index (χ2v) is 5.06. The van der Waals surface area contributed by atoms with E-state index in [0.717, 1.165) is 5.56 Å². The minimum absolute atomic E-state index is 0.105. The number of benzene rings is 2. The molecule has 118 valence electrons. The number of hydrogen-bond acceptors (Lipinski definition) is 5. The summed E-state index contributed by atoms with van der Waals surface area (Å²) in [5, 5.41) is 17.7. The molecule has 2 N–H and O–H groups in total. The number of carboxylic acid groups (broad SMARTS) is 1. The van der Waals surface area contributed by atoms with Gasteiger partial charge >= 0.3 is 0 Å². The van der Waals surface area contributed by atoms with Gasteiger partial charge in [0, 0.05) is 23.2 Å². The highest BCUT2D eigenvalue weighted by Gasteiger charge is 2.02. The van der Waals surface area contributed by atoms with Crippen molar-refractivity contribution >= 4 is 41.1 Å². The molecular formula is C16H13ClN3O3-. The van der Waals surface area contributed by atoms with Gasteiger partial charge in [0.25, 0.3) is 0 Å². The number of hydrogen-bond donors (Lipinski definition) is 2. The molecule has 0 unspecified atom stereocenters. The van der Waals surface area contributed by atoms with Crippen molar-refractivity contribution in [2.24, 2.45) is 5.10 Å². The summed E-state index contributed by atoms with van der Waals surface area (Å²) in [5.41, 5.74) is 4.58. The maximum Gasteiger partial charge on any atom is 0.221 e. The molecule has 0 aliphatic rings. The van der Waals surface area contributed by atoms with Crippen molar-refractivity contribution < 1.29 is 14.7 Å². The summed E-state index contributed by atoms with van der Waals surface area (Å²) in [4.78, 5) is 21.8. The van der Waals surface area contributed by atoms with E-state index in [1.165, 1.54) is 19.1 Å². The first kappa shape index (κ1) is 16.5. The Morgan fingerprint density at radius 1 is 1.13 bits per heavy atom. The molecule has 0 saturated carbocycles. The second-order valence-electron chi connectivity index (χ2n) is 4.66. The molecule has 0 fully saturated rings. The molecule has 0 atom stereocenters. The Labute approximate surface area is 137 Å². The van der Waals surface area contributed by atoms with Crippen LogP contribution in [0.4, 0.5) is 11.4 Å². The minimum atomic E-state index is -1.35. The van der Waals surface area contributed by atoms with Gasteiger partial charge < -0.3 is 15.2 Å². The molecule has 0 aliphatic heterocycles. The minimum Gasteiger partial charge on any atom is -0.545 e. The highest BCUT2D eigenvalue weighted by Crippen LogP contribution is 2.20. The first-order valence-corrected chi connectivity index (χ1v) is 7.01. The summed E-state index contributed by atoms with van der Waals surface area (Å²) < 4.78 is 0. The fourth-order valence-electron chi connectivity index (χ4n) is 1.79. The zero-order valence-corrected chi connectivity index (χ0v) is 12.9. The standard InChI is InChI=1S/C16H14ClN3O3/c1-10(21)19-12-4-2-11(3-5-12)9-18-20-13-6-7-15(17)14(8-13)16(22)23/h2-9,20H,1H3,(H,19,21)(H,22,23)/p-1/b18-9-. The molecule has 23 heavy (non-hydrogen) atoms. The van der Waals surface area contributed by atoms with Gasteiger partial charge in [-0.25, -0.2) is 0 Å². The van der Waals surface area contributed by atoms with Crippen LogP contribution < -0.4 is 15.8 Å². The molecule has 1 amide bonds. The molecule has 2 rings (SSSR count). The molecule has 0 aromatic heterocycles. The van der Waals surface area contributed by atoms with Crippen molar-refractivity contribution in [3.8, 4) is 0 Å². The Kier molecular flexibility index (Phi) is 5.32. The van der Waals surface area contributed by atoms with Gasteiger partial charge in [0.2, 0.25) is 5.91 Å². The zero-order valence-electron chi connectivity index (χ0n) is 12.2. The molecule has 0 aliphatic carbocycles. The van der Waals surface area contributed by atoms with Crippen LogP contribution in [0.3, 0.4) is 0 Å². The topological polar surface area (TPSA) is 93.6 Å². The van der Waals surface area contributed by atoms with E-state index < -0.39 is 5.97 Å². The smallest absolute Gasteiger partial charge is 0.221 e. The maximum absolute atomic E-state index is 10.9. The number of carboxylic acids is 1. The summed E-state index contributed by atoms with van der Waals surface area (Å²) in [5.74, 6) is -1.49. The van der Waals surface area contributed by atoms with Gasteiger partial charge in [-0.05, 0) is 35.9 Å². The normalized spacial score (nSPS) is 10.5. The van der Waals surface area contributed by atoms with Gasteiger partial charge in [-0.15, -0.1) is 0 Å². The number of nitrogens with zero attached hydrogens (tertiary/aromatic N) is 1. The van der Waals surface area contributed by atoms with Gasteiger partial charge in [0.05, 0.1) is 17.9 Å². The molecular weight excluding hydrogens is 318 g/mol. The van der Waals surface area contributed by atoms with Crippen LogP contribution >= 0.6 is 11.6 Å². The molecule has 0 radical (unpaired) electrons. The lowest BCUT2D eigenvalue weighted by Crippen LogP contribution is -2.22. The van der Waals surface area contributed by atoms with E-state index in [4.69, 9.17) is 11.6 Å². The van der Waals surface area contributed by atoms with E-state index in [1.54, 1.807) is 36.5 Å². The quantitative estimate of drug-likeness (QED) is 0.648. The first-order chi connectivity index (χ1) is 11.0. The Bertz CT molecular complexity index is 758. The monoisotopic (exact) mass is 330 g/mol. The van der Waals surface area contributed by atoms with Crippen LogP contribution in [0.5, 0.6) is 0 Å². The number of aromatic carboxylic acids is 1. The molecule has 2 aromatic rings. The third-order valence-corrected chi connectivity index (χ3v) is 3.15. The number of carbonyl (C=O) groups is 2. The van der Waals surface area contributed by atoms with Crippen LogP contribution in [0.2, 0.25) is 5.02 Å². The van der Waals surface area contributed by atoms with Crippen LogP contribution in [0, 0.1) is 0 Å². The largest absolute Gasteiger partial charge is 0.545 e. The van der Waals surface area contributed by atoms with Gasteiger partial charge in [0.1, 0.15) is 0 Å². The zero-order chi connectivity index (χ0) is 16.8. The van der Waals surface area contributed by atoms with E-state index in [1.807, 2.05) is 0 Å². The van der Waals surface area contributed by atoms with Gasteiger partial charge in [-0.1, -0.05) is 23.7 Å². The summed E-state index contributed by atoms with van der Waals surface area (Å²) in [6.45, 7) is 1.44. The second kappa shape index (κ2) is 7.42. The van der Waals surface area contributed by atoms with Crippen molar-refractivity contribution in [3.63, 3.8) is 0 Å². The lowest BCUT2D eigenvalue weighted by molar-refractivity contribution is -0.255. The number of halogens is 1. The van der Waals surface area contributed by atoms with E-state index >= 15 is 0 Å². The Morgan fingerprint density at radius 3 is 2.39 bits per heavy atom. The summed E-state index contributed by atoms with van der Waals surface area (Å²) in [6.07, 6.45) is 1.56. The SMILES string of the molecule is CC(=O)Nc1ccc(/C=N\Nc2ccc(Cl)c(C(=O)[O-])c2)cc1. The summed E-state index contributed by atoms with van der Waals surface area (Å²) in [7, 11) is 0. The molecule has 6 nitrogen and oxygen atoms in total. The van der Waals surface area contributed by atoms with E-state index in [-0.39, 0.29) is 16.5 Å². The van der Waals surface area contributed by atoms with Crippen molar-refractivity contribution in [3.05, 3.63) is 58.6 Å². The third kappa shape index (κ3) is 4.82. The highest BCUT2D eigenvalue weighted by molar-refractivity contribution is 6.33. The lowest BCUT2D eigenvalue weighted by atomic mass is 10.2. The maximum atomic E-state index is 10.9. The predicted molar refractivity (Wildman–Crippen MR) is 87.7 cm³/mol. The van der Waals surface area contributed by atoms with E-state index in [9.17, 15) is 14.7 Å². The van der Waals surface area contributed by atoms with Crippen molar-refractivity contribution in [2.45, 2.75) is 6.92 Å².